The Kier molecular flexibility index (Phi) is 4.14. The van der Waals surface area contributed by atoms with Crippen LogP contribution < -0.4 is 11.1 Å². The topological polar surface area (TPSA) is 92.5 Å². The number of benzene rings is 1. The molecule has 3 N–H and O–H groups in total. The summed E-state index contributed by atoms with van der Waals surface area (Å²) >= 11 is 0. The van der Waals surface area contributed by atoms with Gasteiger partial charge in [-0.25, -0.2) is 0 Å². The predicted molar refractivity (Wildman–Crippen MR) is 73.5 cm³/mol. The van der Waals surface area contributed by atoms with Crippen LogP contribution in [0.3, 0.4) is 0 Å². The second-order valence-corrected chi connectivity index (χ2v) is 4.85. The lowest BCUT2D eigenvalue weighted by atomic mass is 10.2. The Morgan fingerprint density at radius 2 is 1.80 bits per heavy atom. The zero-order valence-corrected chi connectivity index (χ0v) is 11.3. The molecule has 1 saturated heterocycles. The summed E-state index contributed by atoms with van der Waals surface area (Å²) in [5, 5.41) is 2.67. The van der Waals surface area contributed by atoms with Gasteiger partial charge in [0.2, 0.25) is 17.7 Å². The molecular formula is C14H17N3O3. The number of anilines is 1. The molecule has 3 amide bonds. The Morgan fingerprint density at radius 1 is 1.25 bits per heavy atom. The van der Waals surface area contributed by atoms with Gasteiger partial charge in [0.05, 0.1) is 12.6 Å². The van der Waals surface area contributed by atoms with Crippen LogP contribution in [0, 0.1) is 0 Å². The van der Waals surface area contributed by atoms with Gasteiger partial charge in [0.15, 0.2) is 0 Å². The van der Waals surface area contributed by atoms with Crippen LogP contribution in [0.2, 0.25) is 0 Å². The molecule has 0 saturated carbocycles. The third kappa shape index (κ3) is 3.21. The van der Waals surface area contributed by atoms with Crippen molar-refractivity contribution in [2.24, 2.45) is 5.73 Å². The molecule has 1 atom stereocenters. The van der Waals surface area contributed by atoms with E-state index in [1.54, 1.807) is 31.2 Å². The standard InChI is InChI=1S/C14H17N3O3/c1-9(15)14(20)16-11-4-2-10(3-5-11)8-17-12(18)6-7-13(17)19/h2-5,9H,6-8,15H2,1H3,(H,16,20)/t9-/m1/s1. The average Bonchev–Trinajstić information content (AvgIpc) is 2.72. The summed E-state index contributed by atoms with van der Waals surface area (Å²) < 4.78 is 0. The van der Waals surface area contributed by atoms with Crippen molar-refractivity contribution in [3.8, 4) is 0 Å². The molecule has 0 unspecified atom stereocenters. The van der Waals surface area contributed by atoms with Gasteiger partial charge in [-0.05, 0) is 24.6 Å². The van der Waals surface area contributed by atoms with Crippen LogP contribution in [-0.2, 0) is 20.9 Å². The smallest absolute Gasteiger partial charge is 0.240 e. The SMILES string of the molecule is C[C@@H](N)C(=O)Nc1ccc(CN2C(=O)CCC2=O)cc1. The van der Waals surface area contributed by atoms with Crippen LogP contribution in [0.1, 0.15) is 25.3 Å². The molecule has 6 heteroatoms. The number of likely N-dealkylation sites (tertiary alicyclic amines) is 1. The second kappa shape index (κ2) is 5.83. The Bertz CT molecular complexity index is 521. The molecule has 1 heterocycles. The summed E-state index contributed by atoms with van der Waals surface area (Å²) in [6, 6.07) is 6.42. The van der Waals surface area contributed by atoms with E-state index in [2.05, 4.69) is 5.32 Å². The van der Waals surface area contributed by atoms with Crippen LogP contribution in [0.25, 0.3) is 0 Å². The minimum atomic E-state index is -0.575. The molecule has 1 aromatic rings. The fourth-order valence-electron chi connectivity index (χ4n) is 1.93. The highest BCUT2D eigenvalue weighted by molar-refractivity contribution is 6.01. The normalized spacial score (nSPS) is 16.4. The highest BCUT2D eigenvalue weighted by Crippen LogP contribution is 2.17. The second-order valence-electron chi connectivity index (χ2n) is 4.85. The summed E-state index contributed by atoms with van der Waals surface area (Å²) in [4.78, 5) is 35.7. The van der Waals surface area contributed by atoms with E-state index < -0.39 is 6.04 Å². The van der Waals surface area contributed by atoms with Crippen LogP contribution in [0.5, 0.6) is 0 Å². The number of hydrogen-bond acceptors (Lipinski definition) is 4. The number of hydrogen-bond donors (Lipinski definition) is 2. The van der Waals surface area contributed by atoms with E-state index in [-0.39, 0.29) is 24.3 Å². The summed E-state index contributed by atoms with van der Waals surface area (Å²) in [6.07, 6.45) is 0.586. The van der Waals surface area contributed by atoms with E-state index in [4.69, 9.17) is 5.73 Å². The first-order chi connectivity index (χ1) is 9.47. The number of carbonyl (C=O) groups is 3. The predicted octanol–water partition coefficient (Wildman–Crippen LogP) is 0.621. The van der Waals surface area contributed by atoms with E-state index in [0.29, 0.717) is 18.5 Å². The quantitative estimate of drug-likeness (QED) is 0.788. The van der Waals surface area contributed by atoms with E-state index in [1.807, 2.05) is 0 Å². The van der Waals surface area contributed by atoms with Gasteiger partial charge in [-0.15, -0.1) is 0 Å². The molecule has 20 heavy (non-hydrogen) atoms. The minimum absolute atomic E-state index is 0.135. The maximum atomic E-state index is 11.5. The van der Waals surface area contributed by atoms with Crippen LogP contribution in [-0.4, -0.2) is 28.7 Å². The van der Waals surface area contributed by atoms with Crippen molar-refractivity contribution in [1.82, 2.24) is 4.90 Å². The third-order valence-corrected chi connectivity index (χ3v) is 3.13. The molecule has 0 radical (unpaired) electrons. The van der Waals surface area contributed by atoms with Gasteiger partial charge in [-0.1, -0.05) is 12.1 Å². The highest BCUT2D eigenvalue weighted by Gasteiger charge is 2.28. The van der Waals surface area contributed by atoms with Crippen LogP contribution in [0.15, 0.2) is 24.3 Å². The molecule has 1 aliphatic heterocycles. The van der Waals surface area contributed by atoms with Gasteiger partial charge in [-0.2, -0.15) is 0 Å². The van der Waals surface area contributed by atoms with Crippen molar-refractivity contribution in [1.29, 1.82) is 0 Å². The molecule has 2 rings (SSSR count). The summed E-state index contributed by atoms with van der Waals surface area (Å²) in [5.74, 6) is -0.531. The molecule has 106 valence electrons. The van der Waals surface area contributed by atoms with E-state index in [0.717, 1.165) is 5.56 Å². The lowest BCUT2D eigenvalue weighted by molar-refractivity contribution is -0.139. The molecular weight excluding hydrogens is 258 g/mol. The number of amides is 3. The van der Waals surface area contributed by atoms with Crippen molar-refractivity contribution in [2.75, 3.05) is 5.32 Å². The first kappa shape index (κ1) is 14.2. The molecule has 1 aliphatic rings. The molecule has 0 aliphatic carbocycles. The first-order valence-electron chi connectivity index (χ1n) is 6.46. The van der Waals surface area contributed by atoms with Gasteiger partial charge in [0.1, 0.15) is 0 Å². The van der Waals surface area contributed by atoms with Crippen molar-refractivity contribution in [2.45, 2.75) is 32.4 Å². The Labute approximate surface area is 116 Å². The Hall–Kier alpha value is -2.21. The van der Waals surface area contributed by atoms with E-state index in [9.17, 15) is 14.4 Å². The van der Waals surface area contributed by atoms with Crippen molar-refractivity contribution in [3.05, 3.63) is 29.8 Å². The molecule has 0 bridgehead atoms. The zero-order valence-electron chi connectivity index (χ0n) is 11.3. The summed E-state index contributed by atoms with van der Waals surface area (Å²) in [5.41, 5.74) is 6.93. The fraction of sp³-hybridized carbons (Fsp3) is 0.357. The molecule has 0 spiro atoms. The third-order valence-electron chi connectivity index (χ3n) is 3.13. The lowest BCUT2D eigenvalue weighted by Crippen LogP contribution is -2.32. The minimum Gasteiger partial charge on any atom is -0.325 e. The fourth-order valence-corrected chi connectivity index (χ4v) is 1.93. The van der Waals surface area contributed by atoms with Crippen LogP contribution in [0.4, 0.5) is 5.69 Å². The number of carbonyl (C=O) groups excluding carboxylic acids is 3. The Morgan fingerprint density at radius 3 is 2.30 bits per heavy atom. The van der Waals surface area contributed by atoms with E-state index in [1.165, 1.54) is 4.90 Å². The van der Waals surface area contributed by atoms with Gasteiger partial charge >= 0.3 is 0 Å². The van der Waals surface area contributed by atoms with Gasteiger partial charge in [0, 0.05) is 18.5 Å². The number of rotatable bonds is 4. The van der Waals surface area contributed by atoms with Crippen molar-refractivity contribution >= 4 is 23.4 Å². The maximum Gasteiger partial charge on any atom is 0.240 e. The number of nitrogens with zero attached hydrogens (tertiary/aromatic N) is 1. The number of nitrogens with one attached hydrogen (secondary N) is 1. The van der Waals surface area contributed by atoms with Gasteiger partial charge < -0.3 is 11.1 Å². The van der Waals surface area contributed by atoms with Crippen molar-refractivity contribution < 1.29 is 14.4 Å². The summed E-state index contributed by atoms with van der Waals surface area (Å²) in [7, 11) is 0. The largest absolute Gasteiger partial charge is 0.325 e. The lowest BCUT2D eigenvalue weighted by Gasteiger charge is -2.14. The first-order valence-corrected chi connectivity index (χ1v) is 6.46. The number of imide groups is 1. The molecule has 0 aromatic heterocycles. The zero-order chi connectivity index (χ0) is 14.7. The van der Waals surface area contributed by atoms with Gasteiger partial charge in [0.25, 0.3) is 0 Å². The average molecular weight is 275 g/mol. The maximum absolute atomic E-state index is 11.5. The molecule has 1 aromatic carbocycles. The monoisotopic (exact) mass is 275 g/mol. The van der Waals surface area contributed by atoms with E-state index >= 15 is 0 Å². The number of nitrogens with two attached hydrogens (primary N) is 1. The van der Waals surface area contributed by atoms with Crippen LogP contribution >= 0.6 is 0 Å². The van der Waals surface area contributed by atoms with Gasteiger partial charge in [-0.3, -0.25) is 19.3 Å². The Balaban J connectivity index is 2.00. The van der Waals surface area contributed by atoms with Crippen molar-refractivity contribution in [3.63, 3.8) is 0 Å². The molecule has 1 fully saturated rings. The molecule has 6 nitrogen and oxygen atoms in total. The summed E-state index contributed by atoms with van der Waals surface area (Å²) in [6.45, 7) is 1.88. The highest BCUT2D eigenvalue weighted by atomic mass is 16.2.